The molecule has 1 aliphatic heterocycles. The van der Waals surface area contributed by atoms with Crippen LogP contribution in [0.1, 0.15) is 38.4 Å². The Balaban J connectivity index is 1.82. The van der Waals surface area contributed by atoms with Crippen molar-refractivity contribution in [2.75, 3.05) is 18.5 Å². The number of rotatable bonds is 5. The summed E-state index contributed by atoms with van der Waals surface area (Å²) < 4.78 is 5.80. The second-order valence-corrected chi connectivity index (χ2v) is 6.14. The van der Waals surface area contributed by atoms with Gasteiger partial charge >= 0.3 is 0 Å². The van der Waals surface area contributed by atoms with Crippen LogP contribution in [0.25, 0.3) is 10.2 Å². The number of anilines is 1. The van der Waals surface area contributed by atoms with Crippen molar-refractivity contribution in [3.05, 3.63) is 17.3 Å². The molecule has 0 aromatic carbocycles. The summed E-state index contributed by atoms with van der Waals surface area (Å²) in [6.45, 7) is 3.99. The number of hydrogen-bond acceptors (Lipinski definition) is 5. The van der Waals surface area contributed by atoms with Crippen molar-refractivity contribution in [1.82, 2.24) is 9.97 Å². The van der Waals surface area contributed by atoms with Gasteiger partial charge in [0.05, 0.1) is 11.5 Å². The zero-order chi connectivity index (χ0) is 13.8. The zero-order valence-corrected chi connectivity index (χ0v) is 12.7. The topological polar surface area (TPSA) is 47.0 Å². The maximum absolute atomic E-state index is 5.80. The molecular weight excluding hydrogens is 270 g/mol. The molecule has 20 heavy (non-hydrogen) atoms. The molecule has 1 aliphatic rings. The molecule has 1 atom stereocenters. The average molecular weight is 291 g/mol. The first-order chi connectivity index (χ1) is 9.86. The monoisotopic (exact) mass is 291 g/mol. The first-order valence-electron chi connectivity index (χ1n) is 7.46. The summed E-state index contributed by atoms with van der Waals surface area (Å²) in [5.74, 6) is 1.88. The van der Waals surface area contributed by atoms with Crippen molar-refractivity contribution >= 4 is 27.4 Å². The highest BCUT2D eigenvalue weighted by Gasteiger charge is 2.17. The molecule has 0 spiro atoms. The number of ether oxygens (including phenoxy) is 1. The molecule has 1 saturated heterocycles. The standard InChI is InChI=1S/C15H21N3OS/c1-2-7-16-14-12-6-9-20-15(12)18-13(17-14)10-11-5-3-4-8-19-11/h6,9,11H,2-5,7-8,10H2,1H3,(H,16,17,18). The van der Waals surface area contributed by atoms with Gasteiger partial charge in [0.2, 0.25) is 0 Å². The Bertz CT molecular complexity index is 563. The molecule has 0 radical (unpaired) electrons. The van der Waals surface area contributed by atoms with Crippen LogP contribution in [0, 0.1) is 0 Å². The molecule has 1 unspecified atom stereocenters. The summed E-state index contributed by atoms with van der Waals surface area (Å²) in [6, 6.07) is 2.10. The minimum Gasteiger partial charge on any atom is -0.378 e. The molecule has 0 saturated carbocycles. The number of nitrogens with one attached hydrogen (secondary N) is 1. The Kier molecular flexibility index (Phi) is 4.47. The smallest absolute Gasteiger partial charge is 0.138 e. The molecule has 5 heteroatoms. The lowest BCUT2D eigenvalue weighted by Crippen LogP contribution is -2.22. The second kappa shape index (κ2) is 6.50. The largest absolute Gasteiger partial charge is 0.378 e. The SMILES string of the molecule is CCCNc1nc(CC2CCCCO2)nc2sccc12. The fraction of sp³-hybridized carbons (Fsp3) is 0.600. The highest BCUT2D eigenvalue weighted by molar-refractivity contribution is 7.16. The highest BCUT2D eigenvalue weighted by atomic mass is 32.1. The first kappa shape index (κ1) is 13.8. The number of nitrogens with zero attached hydrogens (tertiary/aromatic N) is 2. The van der Waals surface area contributed by atoms with E-state index in [9.17, 15) is 0 Å². The zero-order valence-electron chi connectivity index (χ0n) is 11.9. The van der Waals surface area contributed by atoms with E-state index in [2.05, 4.69) is 28.7 Å². The van der Waals surface area contributed by atoms with Crippen molar-refractivity contribution in [2.45, 2.75) is 45.1 Å². The van der Waals surface area contributed by atoms with Crippen molar-refractivity contribution in [3.8, 4) is 0 Å². The van der Waals surface area contributed by atoms with Crippen molar-refractivity contribution in [2.24, 2.45) is 0 Å². The molecule has 0 amide bonds. The summed E-state index contributed by atoms with van der Waals surface area (Å²) in [6.07, 6.45) is 5.78. The minimum absolute atomic E-state index is 0.292. The summed E-state index contributed by atoms with van der Waals surface area (Å²) in [4.78, 5) is 10.5. The van der Waals surface area contributed by atoms with Gasteiger partial charge in [-0.05, 0) is 37.1 Å². The van der Waals surface area contributed by atoms with Gasteiger partial charge in [-0.3, -0.25) is 0 Å². The van der Waals surface area contributed by atoms with Gasteiger partial charge in [-0.25, -0.2) is 9.97 Å². The van der Waals surface area contributed by atoms with Gasteiger partial charge in [0.15, 0.2) is 0 Å². The minimum atomic E-state index is 0.292. The van der Waals surface area contributed by atoms with E-state index < -0.39 is 0 Å². The van der Waals surface area contributed by atoms with Gasteiger partial charge in [-0.15, -0.1) is 11.3 Å². The van der Waals surface area contributed by atoms with Crippen molar-refractivity contribution < 1.29 is 4.74 Å². The molecule has 108 valence electrons. The lowest BCUT2D eigenvalue weighted by atomic mass is 10.1. The van der Waals surface area contributed by atoms with Gasteiger partial charge < -0.3 is 10.1 Å². The highest BCUT2D eigenvalue weighted by Crippen LogP contribution is 2.26. The van der Waals surface area contributed by atoms with Crippen LogP contribution in [0.2, 0.25) is 0 Å². The average Bonchev–Trinajstić information content (AvgIpc) is 2.94. The Morgan fingerprint density at radius 1 is 1.40 bits per heavy atom. The third kappa shape index (κ3) is 3.10. The quantitative estimate of drug-likeness (QED) is 0.914. The van der Waals surface area contributed by atoms with Crippen LogP contribution in [0.5, 0.6) is 0 Å². The first-order valence-corrected chi connectivity index (χ1v) is 8.34. The van der Waals surface area contributed by atoms with Crippen molar-refractivity contribution in [1.29, 1.82) is 0 Å². The van der Waals surface area contributed by atoms with E-state index in [1.807, 2.05) is 0 Å². The molecular formula is C15H21N3OS. The molecule has 2 aromatic rings. The van der Waals surface area contributed by atoms with Crippen LogP contribution in [0.4, 0.5) is 5.82 Å². The van der Waals surface area contributed by atoms with Gasteiger partial charge in [0.25, 0.3) is 0 Å². The Labute approximate surface area is 123 Å². The third-order valence-corrected chi connectivity index (χ3v) is 4.40. The fourth-order valence-electron chi connectivity index (χ4n) is 2.54. The number of fused-ring (bicyclic) bond motifs is 1. The van der Waals surface area contributed by atoms with E-state index in [4.69, 9.17) is 9.72 Å². The summed E-state index contributed by atoms with van der Waals surface area (Å²) in [5.41, 5.74) is 0. The number of aromatic nitrogens is 2. The molecule has 1 fully saturated rings. The van der Waals surface area contributed by atoms with Gasteiger partial charge in [0.1, 0.15) is 16.5 Å². The third-order valence-electron chi connectivity index (χ3n) is 3.60. The maximum atomic E-state index is 5.80. The van der Waals surface area contributed by atoms with Crippen LogP contribution >= 0.6 is 11.3 Å². The molecule has 3 rings (SSSR count). The Morgan fingerprint density at radius 2 is 2.35 bits per heavy atom. The second-order valence-electron chi connectivity index (χ2n) is 5.25. The predicted molar refractivity (Wildman–Crippen MR) is 83.5 cm³/mol. The number of thiophene rings is 1. The molecule has 0 aliphatic carbocycles. The summed E-state index contributed by atoms with van der Waals surface area (Å²) in [7, 11) is 0. The Hall–Kier alpha value is -1.20. The van der Waals surface area contributed by atoms with E-state index in [0.717, 1.165) is 54.3 Å². The van der Waals surface area contributed by atoms with E-state index in [0.29, 0.717) is 6.10 Å². The molecule has 0 bridgehead atoms. The Morgan fingerprint density at radius 3 is 3.15 bits per heavy atom. The van der Waals surface area contributed by atoms with Crippen LogP contribution in [-0.2, 0) is 11.2 Å². The van der Waals surface area contributed by atoms with Crippen LogP contribution < -0.4 is 5.32 Å². The van der Waals surface area contributed by atoms with E-state index in [-0.39, 0.29) is 0 Å². The lowest BCUT2D eigenvalue weighted by Gasteiger charge is -2.22. The normalized spacial score (nSPS) is 19.4. The predicted octanol–water partition coefficient (Wildman–Crippen LogP) is 3.62. The summed E-state index contributed by atoms with van der Waals surface area (Å²) >= 11 is 1.68. The van der Waals surface area contributed by atoms with E-state index in [1.54, 1.807) is 11.3 Å². The maximum Gasteiger partial charge on any atom is 0.138 e. The van der Waals surface area contributed by atoms with E-state index >= 15 is 0 Å². The van der Waals surface area contributed by atoms with Crippen LogP contribution in [0.3, 0.4) is 0 Å². The molecule has 3 heterocycles. The number of hydrogen-bond donors (Lipinski definition) is 1. The fourth-order valence-corrected chi connectivity index (χ4v) is 3.32. The van der Waals surface area contributed by atoms with Crippen LogP contribution in [0.15, 0.2) is 11.4 Å². The van der Waals surface area contributed by atoms with Gasteiger partial charge in [0, 0.05) is 19.6 Å². The molecule has 1 N–H and O–H groups in total. The van der Waals surface area contributed by atoms with Gasteiger partial charge in [-0.1, -0.05) is 6.92 Å². The lowest BCUT2D eigenvalue weighted by molar-refractivity contribution is 0.0157. The molecule has 2 aromatic heterocycles. The van der Waals surface area contributed by atoms with E-state index in [1.165, 1.54) is 12.8 Å². The molecule has 4 nitrogen and oxygen atoms in total. The summed E-state index contributed by atoms with van der Waals surface area (Å²) in [5, 5.41) is 6.63. The van der Waals surface area contributed by atoms with Crippen molar-refractivity contribution in [3.63, 3.8) is 0 Å². The van der Waals surface area contributed by atoms with Crippen LogP contribution in [-0.4, -0.2) is 29.2 Å². The van der Waals surface area contributed by atoms with Gasteiger partial charge in [-0.2, -0.15) is 0 Å².